The van der Waals surface area contributed by atoms with Gasteiger partial charge in [0, 0.05) is 22.3 Å². The summed E-state index contributed by atoms with van der Waals surface area (Å²) in [6, 6.07) is 6.80. The molecule has 2 aromatic rings. The second-order valence-corrected chi connectivity index (χ2v) is 7.65. The van der Waals surface area contributed by atoms with Gasteiger partial charge in [0.1, 0.15) is 0 Å². The Bertz CT molecular complexity index is 740. The van der Waals surface area contributed by atoms with Crippen LogP contribution in [0.4, 0.5) is 0 Å². The maximum atomic E-state index is 11.4. The van der Waals surface area contributed by atoms with E-state index in [1.807, 2.05) is 12.3 Å². The zero-order valence-corrected chi connectivity index (χ0v) is 12.4. The Morgan fingerprint density at radius 3 is 2.65 bits per heavy atom. The Balaban J connectivity index is 2.04. The van der Waals surface area contributed by atoms with Crippen LogP contribution in [-0.2, 0) is 9.05 Å². The molecule has 0 atom stereocenters. The van der Waals surface area contributed by atoms with Crippen LogP contribution in [-0.4, -0.2) is 26.5 Å². The van der Waals surface area contributed by atoms with Gasteiger partial charge < -0.3 is 5.32 Å². The number of rotatable bonds is 2. The van der Waals surface area contributed by atoms with E-state index in [2.05, 4.69) is 10.3 Å². The Morgan fingerprint density at radius 2 is 1.95 bits per heavy atom. The van der Waals surface area contributed by atoms with Crippen molar-refractivity contribution in [2.75, 3.05) is 13.1 Å². The summed E-state index contributed by atoms with van der Waals surface area (Å²) < 4.78 is 22.8. The van der Waals surface area contributed by atoms with Crippen LogP contribution in [0.1, 0.15) is 24.3 Å². The molecule has 0 unspecified atom stereocenters. The Hall–Kier alpha value is -1.17. The highest BCUT2D eigenvalue weighted by atomic mass is 35.7. The highest BCUT2D eigenvalue weighted by Crippen LogP contribution is 2.28. The fourth-order valence-corrected chi connectivity index (χ4v) is 3.44. The van der Waals surface area contributed by atoms with Crippen molar-refractivity contribution >= 4 is 30.6 Å². The number of hydrogen-bond donors (Lipinski definition) is 1. The molecule has 1 fully saturated rings. The molecule has 1 aliphatic heterocycles. The van der Waals surface area contributed by atoms with Crippen molar-refractivity contribution in [2.24, 2.45) is 0 Å². The summed E-state index contributed by atoms with van der Waals surface area (Å²) in [6.45, 7) is 2.03. The first-order valence-corrected chi connectivity index (χ1v) is 8.90. The second-order valence-electron chi connectivity index (χ2n) is 5.09. The molecule has 1 N–H and O–H groups in total. The number of hydrogen-bond acceptors (Lipinski definition) is 4. The van der Waals surface area contributed by atoms with Gasteiger partial charge in [-0.25, -0.2) is 8.42 Å². The molecule has 0 saturated carbocycles. The lowest BCUT2D eigenvalue weighted by Crippen LogP contribution is -2.26. The monoisotopic (exact) mass is 310 g/mol. The third-order valence-electron chi connectivity index (χ3n) is 3.77. The fourth-order valence-electron chi connectivity index (χ4n) is 2.66. The third-order valence-corrected chi connectivity index (χ3v) is 5.12. The van der Waals surface area contributed by atoms with Crippen LogP contribution < -0.4 is 5.32 Å². The van der Waals surface area contributed by atoms with Crippen molar-refractivity contribution in [3.8, 4) is 0 Å². The van der Waals surface area contributed by atoms with Gasteiger partial charge in [0.05, 0.1) is 10.4 Å². The SMILES string of the molecule is O=S(=O)(Cl)c1ccc2ncc(C3CCNCC3)cc2c1. The minimum absolute atomic E-state index is 0.121. The van der Waals surface area contributed by atoms with Crippen LogP contribution in [0.2, 0.25) is 0 Å². The molecule has 1 aliphatic rings. The topological polar surface area (TPSA) is 59.1 Å². The summed E-state index contributed by atoms with van der Waals surface area (Å²) in [7, 11) is 1.69. The number of piperidine rings is 1. The molecule has 1 aromatic carbocycles. The van der Waals surface area contributed by atoms with Crippen molar-refractivity contribution < 1.29 is 8.42 Å². The van der Waals surface area contributed by atoms with E-state index in [9.17, 15) is 8.42 Å². The van der Waals surface area contributed by atoms with Gasteiger partial charge in [0.2, 0.25) is 0 Å². The zero-order valence-electron chi connectivity index (χ0n) is 10.8. The van der Waals surface area contributed by atoms with Gasteiger partial charge in [0.25, 0.3) is 9.05 Å². The van der Waals surface area contributed by atoms with Crippen LogP contribution >= 0.6 is 10.7 Å². The molecule has 3 rings (SSSR count). The summed E-state index contributed by atoms with van der Waals surface area (Å²) in [5.74, 6) is 0.490. The number of pyridine rings is 1. The first-order chi connectivity index (χ1) is 9.54. The summed E-state index contributed by atoms with van der Waals surface area (Å²) in [5, 5.41) is 4.16. The maximum absolute atomic E-state index is 11.4. The number of fused-ring (bicyclic) bond motifs is 1. The normalized spacial score (nSPS) is 17.4. The molecule has 20 heavy (non-hydrogen) atoms. The first-order valence-electron chi connectivity index (χ1n) is 6.59. The predicted octanol–water partition coefficient (Wildman–Crippen LogP) is 2.63. The second kappa shape index (κ2) is 5.31. The van der Waals surface area contributed by atoms with E-state index in [1.54, 1.807) is 12.1 Å². The van der Waals surface area contributed by atoms with Crippen LogP contribution in [0.25, 0.3) is 10.9 Å². The van der Waals surface area contributed by atoms with Gasteiger partial charge >= 0.3 is 0 Å². The lowest BCUT2D eigenvalue weighted by atomic mass is 9.91. The molecule has 0 spiro atoms. The summed E-state index contributed by atoms with van der Waals surface area (Å²) in [6.07, 6.45) is 4.06. The molecule has 0 bridgehead atoms. The molecule has 0 aliphatic carbocycles. The van der Waals surface area contributed by atoms with E-state index < -0.39 is 9.05 Å². The average Bonchev–Trinajstić information content (AvgIpc) is 2.46. The van der Waals surface area contributed by atoms with Gasteiger partial charge in [-0.1, -0.05) is 0 Å². The van der Waals surface area contributed by atoms with Gasteiger partial charge in [-0.3, -0.25) is 4.98 Å². The van der Waals surface area contributed by atoms with Gasteiger partial charge in [-0.15, -0.1) is 0 Å². The van der Waals surface area contributed by atoms with Crippen LogP contribution in [0.3, 0.4) is 0 Å². The molecule has 6 heteroatoms. The van der Waals surface area contributed by atoms with Crippen LogP contribution in [0.5, 0.6) is 0 Å². The number of benzene rings is 1. The number of aromatic nitrogens is 1. The minimum Gasteiger partial charge on any atom is -0.317 e. The standard InChI is InChI=1S/C14H15ClN2O2S/c15-20(18,19)13-1-2-14-11(8-13)7-12(9-17-14)10-3-5-16-6-4-10/h1-2,7-10,16H,3-6H2. The highest BCUT2D eigenvalue weighted by Gasteiger charge is 2.16. The molecule has 0 radical (unpaired) electrons. The van der Waals surface area contributed by atoms with E-state index in [1.165, 1.54) is 11.6 Å². The highest BCUT2D eigenvalue weighted by molar-refractivity contribution is 8.13. The molecule has 106 valence electrons. The summed E-state index contributed by atoms with van der Waals surface area (Å²) in [5.41, 5.74) is 1.95. The van der Waals surface area contributed by atoms with Crippen LogP contribution in [0, 0.1) is 0 Å². The van der Waals surface area contributed by atoms with E-state index in [-0.39, 0.29) is 4.90 Å². The van der Waals surface area contributed by atoms with Crippen molar-refractivity contribution in [1.29, 1.82) is 0 Å². The van der Waals surface area contributed by atoms with Crippen molar-refractivity contribution in [1.82, 2.24) is 10.3 Å². The molecule has 4 nitrogen and oxygen atoms in total. The third kappa shape index (κ3) is 2.80. The van der Waals surface area contributed by atoms with Gasteiger partial charge in [-0.2, -0.15) is 0 Å². The lowest BCUT2D eigenvalue weighted by molar-refractivity contribution is 0.460. The molecular weight excluding hydrogens is 296 g/mol. The van der Waals surface area contributed by atoms with Gasteiger partial charge in [-0.05, 0) is 61.7 Å². The number of nitrogens with one attached hydrogen (secondary N) is 1. The van der Waals surface area contributed by atoms with E-state index in [0.717, 1.165) is 36.8 Å². The zero-order chi connectivity index (χ0) is 14.2. The predicted molar refractivity (Wildman–Crippen MR) is 79.6 cm³/mol. The quantitative estimate of drug-likeness (QED) is 0.866. The first kappa shape index (κ1) is 13.8. The molecule has 0 amide bonds. The van der Waals surface area contributed by atoms with E-state index in [0.29, 0.717) is 5.92 Å². The molecular formula is C14H15ClN2O2S. The van der Waals surface area contributed by atoms with Crippen molar-refractivity contribution in [3.05, 3.63) is 36.0 Å². The fraction of sp³-hybridized carbons (Fsp3) is 0.357. The Labute approximate surface area is 122 Å². The number of halogens is 1. The maximum Gasteiger partial charge on any atom is 0.261 e. The van der Waals surface area contributed by atoms with Crippen molar-refractivity contribution in [3.63, 3.8) is 0 Å². The Morgan fingerprint density at radius 1 is 1.20 bits per heavy atom. The average molecular weight is 311 g/mol. The molecule has 1 aromatic heterocycles. The summed E-state index contributed by atoms with van der Waals surface area (Å²) >= 11 is 0. The van der Waals surface area contributed by atoms with Crippen LogP contribution in [0.15, 0.2) is 35.4 Å². The van der Waals surface area contributed by atoms with Gasteiger partial charge in [0.15, 0.2) is 0 Å². The summed E-state index contributed by atoms with van der Waals surface area (Å²) in [4.78, 5) is 4.54. The minimum atomic E-state index is -3.70. The lowest BCUT2D eigenvalue weighted by Gasteiger charge is -2.22. The van der Waals surface area contributed by atoms with E-state index >= 15 is 0 Å². The smallest absolute Gasteiger partial charge is 0.261 e. The molecule has 2 heterocycles. The number of nitrogens with zero attached hydrogens (tertiary/aromatic N) is 1. The van der Waals surface area contributed by atoms with E-state index in [4.69, 9.17) is 10.7 Å². The largest absolute Gasteiger partial charge is 0.317 e. The molecule has 1 saturated heterocycles. The van der Waals surface area contributed by atoms with Crippen molar-refractivity contribution in [2.45, 2.75) is 23.7 Å². The Kier molecular flexibility index (Phi) is 3.67.